The van der Waals surface area contributed by atoms with Crippen LogP contribution < -0.4 is 5.32 Å². The van der Waals surface area contributed by atoms with Crippen LogP contribution in [-0.2, 0) is 6.54 Å². The lowest BCUT2D eigenvalue weighted by Gasteiger charge is -2.31. The zero-order valence-corrected chi connectivity index (χ0v) is 13.2. The summed E-state index contributed by atoms with van der Waals surface area (Å²) >= 11 is 0. The molecule has 0 bridgehead atoms. The third kappa shape index (κ3) is 3.73. The molecule has 0 saturated carbocycles. The molecule has 1 aliphatic heterocycles. The molecule has 1 aromatic heterocycles. The van der Waals surface area contributed by atoms with Gasteiger partial charge in [-0.1, -0.05) is 12.1 Å². The van der Waals surface area contributed by atoms with Gasteiger partial charge in [0.15, 0.2) is 0 Å². The van der Waals surface area contributed by atoms with Gasteiger partial charge in [0, 0.05) is 37.9 Å². The highest BCUT2D eigenvalue weighted by Gasteiger charge is 2.24. The Morgan fingerprint density at radius 3 is 2.54 bits per heavy atom. The fraction of sp³-hybridized carbons (Fsp3) is 0.353. The normalized spacial score (nSPS) is 15.2. The van der Waals surface area contributed by atoms with Gasteiger partial charge in [-0.2, -0.15) is 0 Å². The lowest BCUT2D eigenvalue weighted by Crippen LogP contribution is -2.43. The number of aromatic nitrogens is 2. The quantitative estimate of drug-likeness (QED) is 0.801. The van der Waals surface area contributed by atoms with Crippen LogP contribution >= 0.6 is 0 Å². The van der Waals surface area contributed by atoms with Gasteiger partial charge < -0.3 is 20.3 Å². The van der Waals surface area contributed by atoms with Crippen LogP contribution in [0, 0.1) is 0 Å². The SMILES string of the molecule is O=C(O)c1ccc(CNC(=O)N2CCC(c3ncc[nH]3)CC2)cc1. The molecule has 126 valence electrons. The predicted octanol–water partition coefficient (Wildman–Crippen LogP) is 2.20. The number of benzene rings is 1. The maximum absolute atomic E-state index is 12.2. The van der Waals surface area contributed by atoms with Crippen LogP contribution in [-0.4, -0.2) is 45.1 Å². The lowest BCUT2D eigenvalue weighted by atomic mass is 9.96. The summed E-state index contributed by atoms with van der Waals surface area (Å²) in [5, 5.41) is 11.8. The number of urea groups is 1. The number of carboxylic acids is 1. The van der Waals surface area contributed by atoms with Crippen molar-refractivity contribution in [1.29, 1.82) is 0 Å². The number of amides is 2. The minimum Gasteiger partial charge on any atom is -0.478 e. The molecular formula is C17H20N4O3. The Bertz CT molecular complexity index is 689. The van der Waals surface area contributed by atoms with Crippen molar-refractivity contribution in [3.63, 3.8) is 0 Å². The second-order valence-electron chi connectivity index (χ2n) is 5.90. The summed E-state index contributed by atoms with van der Waals surface area (Å²) in [5.74, 6) is 0.422. The van der Waals surface area contributed by atoms with Crippen molar-refractivity contribution < 1.29 is 14.7 Å². The van der Waals surface area contributed by atoms with Gasteiger partial charge in [0.1, 0.15) is 5.82 Å². The number of piperidine rings is 1. The van der Waals surface area contributed by atoms with E-state index in [1.807, 2.05) is 11.1 Å². The Morgan fingerprint density at radius 2 is 1.96 bits per heavy atom. The van der Waals surface area contributed by atoms with E-state index in [1.165, 1.54) is 0 Å². The molecule has 0 spiro atoms. The number of H-pyrrole nitrogens is 1. The van der Waals surface area contributed by atoms with E-state index in [0.29, 0.717) is 25.6 Å². The molecule has 3 N–H and O–H groups in total. The molecule has 1 fully saturated rings. The number of hydrogen-bond acceptors (Lipinski definition) is 3. The van der Waals surface area contributed by atoms with Gasteiger partial charge in [-0.05, 0) is 30.5 Å². The van der Waals surface area contributed by atoms with Crippen molar-refractivity contribution in [2.75, 3.05) is 13.1 Å². The molecular weight excluding hydrogens is 308 g/mol. The number of carboxylic acid groups (broad SMARTS) is 1. The first-order valence-electron chi connectivity index (χ1n) is 7.98. The number of aromatic amines is 1. The van der Waals surface area contributed by atoms with Gasteiger partial charge >= 0.3 is 12.0 Å². The predicted molar refractivity (Wildman–Crippen MR) is 87.8 cm³/mol. The molecule has 2 aromatic rings. The van der Waals surface area contributed by atoms with Gasteiger partial charge in [0.25, 0.3) is 0 Å². The summed E-state index contributed by atoms with van der Waals surface area (Å²) in [5.41, 5.74) is 1.11. The largest absolute Gasteiger partial charge is 0.478 e. The lowest BCUT2D eigenvalue weighted by molar-refractivity contribution is 0.0697. The van der Waals surface area contributed by atoms with E-state index in [9.17, 15) is 9.59 Å². The van der Waals surface area contributed by atoms with E-state index >= 15 is 0 Å². The average molecular weight is 328 g/mol. The minimum absolute atomic E-state index is 0.0878. The smallest absolute Gasteiger partial charge is 0.335 e. The Kier molecular flexibility index (Phi) is 4.79. The molecule has 1 saturated heterocycles. The van der Waals surface area contributed by atoms with Crippen molar-refractivity contribution in [3.8, 4) is 0 Å². The van der Waals surface area contributed by atoms with Gasteiger partial charge in [-0.25, -0.2) is 14.6 Å². The maximum atomic E-state index is 12.2. The molecule has 2 heterocycles. The summed E-state index contributed by atoms with van der Waals surface area (Å²) < 4.78 is 0. The number of carbonyl (C=O) groups excluding carboxylic acids is 1. The van der Waals surface area contributed by atoms with Gasteiger partial charge in [0.05, 0.1) is 5.56 Å². The van der Waals surface area contributed by atoms with E-state index in [0.717, 1.165) is 24.2 Å². The molecule has 0 radical (unpaired) electrons. The molecule has 7 heteroatoms. The summed E-state index contributed by atoms with van der Waals surface area (Å²) in [6.07, 6.45) is 5.37. The molecule has 1 aromatic carbocycles. The highest BCUT2D eigenvalue weighted by atomic mass is 16.4. The minimum atomic E-state index is -0.954. The molecule has 3 rings (SSSR count). The van der Waals surface area contributed by atoms with E-state index in [2.05, 4.69) is 15.3 Å². The Morgan fingerprint density at radius 1 is 1.25 bits per heavy atom. The number of nitrogens with one attached hydrogen (secondary N) is 2. The first kappa shape index (κ1) is 16.0. The van der Waals surface area contributed by atoms with Crippen LogP contribution in [0.1, 0.15) is 40.5 Å². The van der Waals surface area contributed by atoms with E-state index in [-0.39, 0.29) is 11.6 Å². The van der Waals surface area contributed by atoms with Crippen LogP contribution in [0.25, 0.3) is 0 Å². The average Bonchev–Trinajstić information content (AvgIpc) is 3.15. The van der Waals surface area contributed by atoms with Crippen LogP contribution in [0.2, 0.25) is 0 Å². The van der Waals surface area contributed by atoms with Gasteiger partial charge in [0.2, 0.25) is 0 Å². The summed E-state index contributed by atoms with van der Waals surface area (Å²) in [7, 11) is 0. The van der Waals surface area contributed by atoms with Crippen molar-refractivity contribution in [1.82, 2.24) is 20.2 Å². The Labute approximate surface area is 139 Å². The van der Waals surface area contributed by atoms with E-state index < -0.39 is 5.97 Å². The topological polar surface area (TPSA) is 98.3 Å². The molecule has 1 aliphatic rings. The summed E-state index contributed by atoms with van der Waals surface area (Å²) in [6, 6.07) is 6.42. The number of likely N-dealkylation sites (tertiary alicyclic amines) is 1. The number of rotatable bonds is 4. The number of aromatic carboxylic acids is 1. The third-order valence-electron chi connectivity index (χ3n) is 4.33. The van der Waals surface area contributed by atoms with Crippen molar-refractivity contribution in [2.45, 2.75) is 25.3 Å². The zero-order chi connectivity index (χ0) is 16.9. The second kappa shape index (κ2) is 7.16. The standard InChI is InChI=1S/C17H20N4O3/c22-16(23)14-3-1-12(2-4-14)11-20-17(24)21-9-5-13(6-10-21)15-18-7-8-19-15/h1-4,7-8,13H,5-6,9-11H2,(H,18,19)(H,20,24)(H,22,23). The highest BCUT2D eigenvalue weighted by Crippen LogP contribution is 2.25. The molecule has 24 heavy (non-hydrogen) atoms. The molecule has 0 atom stereocenters. The fourth-order valence-corrected chi connectivity index (χ4v) is 2.91. The first-order valence-corrected chi connectivity index (χ1v) is 7.98. The molecule has 7 nitrogen and oxygen atoms in total. The van der Waals surface area contributed by atoms with E-state index in [4.69, 9.17) is 5.11 Å². The highest BCUT2D eigenvalue weighted by molar-refractivity contribution is 5.87. The van der Waals surface area contributed by atoms with E-state index in [1.54, 1.807) is 30.5 Å². The molecule has 0 unspecified atom stereocenters. The van der Waals surface area contributed by atoms with Gasteiger partial charge in [-0.3, -0.25) is 0 Å². The Balaban J connectivity index is 1.46. The van der Waals surface area contributed by atoms with Crippen LogP contribution in [0.4, 0.5) is 4.79 Å². The maximum Gasteiger partial charge on any atom is 0.335 e. The van der Waals surface area contributed by atoms with Crippen molar-refractivity contribution >= 4 is 12.0 Å². The number of imidazole rings is 1. The number of carbonyl (C=O) groups is 2. The monoisotopic (exact) mass is 328 g/mol. The van der Waals surface area contributed by atoms with Crippen LogP contribution in [0.15, 0.2) is 36.7 Å². The number of nitrogens with zero attached hydrogens (tertiary/aromatic N) is 2. The third-order valence-corrected chi connectivity index (χ3v) is 4.33. The second-order valence-corrected chi connectivity index (χ2v) is 5.90. The van der Waals surface area contributed by atoms with Crippen LogP contribution in [0.5, 0.6) is 0 Å². The summed E-state index contributed by atoms with van der Waals surface area (Å²) in [4.78, 5) is 32.3. The number of hydrogen-bond donors (Lipinski definition) is 3. The fourth-order valence-electron chi connectivity index (χ4n) is 2.91. The van der Waals surface area contributed by atoms with Crippen molar-refractivity contribution in [3.05, 3.63) is 53.6 Å². The molecule has 2 amide bonds. The Hall–Kier alpha value is -2.83. The van der Waals surface area contributed by atoms with Crippen molar-refractivity contribution in [2.24, 2.45) is 0 Å². The first-order chi connectivity index (χ1) is 11.6. The van der Waals surface area contributed by atoms with Gasteiger partial charge in [-0.15, -0.1) is 0 Å². The summed E-state index contributed by atoms with van der Waals surface area (Å²) in [6.45, 7) is 1.79. The molecule has 0 aliphatic carbocycles. The zero-order valence-electron chi connectivity index (χ0n) is 13.2. The van der Waals surface area contributed by atoms with Crippen LogP contribution in [0.3, 0.4) is 0 Å².